The number of pyridine rings is 1. The highest BCUT2D eigenvalue weighted by Gasteiger charge is 2.31. The van der Waals surface area contributed by atoms with Crippen molar-refractivity contribution in [1.82, 2.24) is 4.98 Å². The second-order valence-corrected chi connectivity index (χ2v) is 3.82. The number of aromatic nitrogens is 1. The van der Waals surface area contributed by atoms with Gasteiger partial charge in [0, 0.05) is 6.20 Å². The smallest absolute Gasteiger partial charge is 0.417 e. The number of carbonyl (C=O) groups excluding carboxylic acids is 1. The fourth-order valence-corrected chi connectivity index (χ4v) is 1.35. The van der Waals surface area contributed by atoms with Crippen LogP contribution in [-0.4, -0.2) is 17.6 Å². The highest BCUT2D eigenvalue weighted by Crippen LogP contribution is 2.31. The molecule has 104 valence electrons. The molecular weight excluding hydrogens is 285 g/mol. The van der Waals surface area contributed by atoms with Crippen molar-refractivity contribution in [3.8, 4) is 0 Å². The van der Waals surface area contributed by atoms with E-state index in [-0.39, 0.29) is 23.0 Å². The van der Waals surface area contributed by atoms with Gasteiger partial charge in [-0.25, -0.2) is 4.79 Å². The number of rotatable bonds is 3. The van der Waals surface area contributed by atoms with E-state index in [9.17, 15) is 18.0 Å². The lowest BCUT2D eigenvalue weighted by Gasteiger charge is -2.07. The van der Waals surface area contributed by atoms with Crippen molar-refractivity contribution in [2.24, 2.45) is 5.73 Å². The summed E-state index contributed by atoms with van der Waals surface area (Å²) in [6.07, 6.45) is -2.87. The van der Waals surface area contributed by atoms with Gasteiger partial charge in [0.25, 0.3) is 0 Å². The highest BCUT2D eigenvalue weighted by atomic mass is 35.5. The average molecular weight is 295 g/mol. The summed E-state index contributed by atoms with van der Waals surface area (Å²) in [5.74, 6) is -0.791. The molecule has 4 nitrogen and oxygen atoms in total. The molecule has 19 heavy (non-hydrogen) atoms. The molecule has 0 fully saturated rings. The van der Waals surface area contributed by atoms with Gasteiger partial charge in [-0.2, -0.15) is 13.2 Å². The Labute approximate surface area is 112 Å². The minimum Gasteiger partial charge on any atom is -0.461 e. The molecule has 0 radical (unpaired) electrons. The van der Waals surface area contributed by atoms with Crippen molar-refractivity contribution in [3.05, 3.63) is 34.2 Å². The monoisotopic (exact) mass is 294 g/mol. The van der Waals surface area contributed by atoms with Gasteiger partial charge in [-0.15, -0.1) is 0 Å². The Kier molecular flexibility index (Phi) is 4.77. The Morgan fingerprint density at radius 2 is 2.21 bits per heavy atom. The predicted octanol–water partition coefficient (Wildman–Crippen LogP) is 2.62. The Balaban J connectivity index is 3.04. The molecule has 0 unspecified atom stereocenters. The van der Waals surface area contributed by atoms with Gasteiger partial charge in [-0.3, -0.25) is 4.98 Å². The molecule has 0 aliphatic carbocycles. The zero-order valence-corrected chi connectivity index (χ0v) is 10.5. The molecule has 0 saturated carbocycles. The van der Waals surface area contributed by atoms with Crippen molar-refractivity contribution < 1.29 is 22.7 Å². The molecule has 0 atom stereocenters. The number of nitrogens with two attached hydrogens (primary N) is 1. The van der Waals surface area contributed by atoms with E-state index in [4.69, 9.17) is 17.3 Å². The van der Waals surface area contributed by atoms with Crippen molar-refractivity contribution in [1.29, 1.82) is 0 Å². The summed E-state index contributed by atoms with van der Waals surface area (Å²) in [7, 11) is 0. The number of carbonyl (C=O) groups is 1. The van der Waals surface area contributed by atoms with Crippen molar-refractivity contribution in [2.45, 2.75) is 13.1 Å². The van der Waals surface area contributed by atoms with E-state index in [1.165, 1.54) is 0 Å². The fourth-order valence-electron chi connectivity index (χ4n) is 1.13. The first-order chi connectivity index (χ1) is 8.75. The van der Waals surface area contributed by atoms with Gasteiger partial charge in [0.1, 0.15) is 5.70 Å². The Morgan fingerprint density at radius 1 is 1.58 bits per heavy atom. The number of halogens is 4. The van der Waals surface area contributed by atoms with Crippen LogP contribution in [0.15, 0.2) is 18.0 Å². The first-order valence-corrected chi connectivity index (χ1v) is 5.50. The van der Waals surface area contributed by atoms with Gasteiger partial charge >= 0.3 is 12.1 Å². The third-order valence-electron chi connectivity index (χ3n) is 2.00. The fraction of sp³-hybridized carbons (Fsp3) is 0.273. The van der Waals surface area contributed by atoms with E-state index < -0.39 is 17.7 Å². The molecule has 1 aromatic heterocycles. The topological polar surface area (TPSA) is 65.2 Å². The third kappa shape index (κ3) is 4.13. The van der Waals surface area contributed by atoms with Crippen LogP contribution in [0.2, 0.25) is 5.02 Å². The van der Waals surface area contributed by atoms with Gasteiger partial charge in [0.2, 0.25) is 0 Å². The van der Waals surface area contributed by atoms with Gasteiger partial charge in [0.15, 0.2) is 0 Å². The minimum atomic E-state index is -4.54. The van der Waals surface area contributed by atoms with Crippen LogP contribution in [0.3, 0.4) is 0 Å². The van der Waals surface area contributed by atoms with E-state index in [0.29, 0.717) is 12.3 Å². The zero-order chi connectivity index (χ0) is 14.6. The lowest BCUT2D eigenvalue weighted by atomic mass is 10.2. The molecule has 8 heteroatoms. The number of ether oxygens (including phenoxy) is 1. The lowest BCUT2D eigenvalue weighted by Crippen LogP contribution is -2.14. The molecule has 0 bridgehead atoms. The maximum Gasteiger partial charge on any atom is 0.417 e. The van der Waals surface area contributed by atoms with Crippen LogP contribution < -0.4 is 5.73 Å². The number of alkyl halides is 3. The number of hydrogen-bond acceptors (Lipinski definition) is 4. The molecule has 0 amide bonds. The standard InChI is InChI=1S/C11H10ClF3N2O2/c1-2-19-10(18)8(16)4-9-7(12)3-6(5-17-9)11(13,14)15/h3-5H,2,16H2,1H3. The molecule has 0 aliphatic heterocycles. The zero-order valence-electron chi connectivity index (χ0n) is 9.79. The summed E-state index contributed by atoms with van der Waals surface area (Å²) < 4.78 is 41.7. The van der Waals surface area contributed by atoms with E-state index in [2.05, 4.69) is 9.72 Å². The normalized spacial score (nSPS) is 12.4. The quantitative estimate of drug-likeness (QED) is 0.687. The summed E-state index contributed by atoms with van der Waals surface area (Å²) in [5.41, 5.74) is 4.07. The number of hydrogen-bond donors (Lipinski definition) is 1. The maximum absolute atomic E-state index is 12.4. The van der Waals surface area contributed by atoms with Crippen molar-refractivity contribution in [2.75, 3.05) is 6.61 Å². The molecule has 0 aliphatic rings. The molecule has 0 aromatic carbocycles. The van der Waals surface area contributed by atoms with E-state index in [1.807, 2.05) is 0 Å². The number of nitrogens with zero attached hydrogens (tertiary/aromatic N) is 1. The van der Waals surface area contributed by atoms with Crippen LogP contribution in [0.5, 0.6) is 0 Å². The summed E-state index contributed by atoms with van der Waals surface area (Å²) in [4.78, 5) is 14.7. The first-order valence-electron chi connectivity index (χ1n) is 5.12. The van der Waals surface area contributed by atoms with Crippen LogP contribution in [0.25, 0.3) is 6.08 Å². The summed E-state index contributed by atoms with van der Waals surface area (Å²) >= 11 is 5.65. The minimum absolute atomic E-state index is 0.0415. The SMILES string of the molecule is CCOC(=O)C(N)=Cc1ncc(C(F)(F)F)cc1Cl. The van der Waals surface area contributed by atoms with Crippen LogP contribution in [-0.2, 0) is 15.7 Å². The summed E-state index contributed by atoms with van der Waals surface area (Å²) in [5, 5.41) is -0.262. The molecule has 1 heterocycles. The average Bonchev–Trinajstić information content (AvgIpc) is 2.30. The van der Waals surface area contributed by atoms with E-state index in [0.717, 1.165) is 6.08 Å². The van der Waals surface area contributed by atoms with Crippen LogP contribution in [0, 0.1) is 0 Å². The Bertz CT molecular complexity index is 515. The molecule has 0 spiro atoms. The molecule has 2 N–H and O–H groups in total. The highest BCUT2D eigenvalue weighted by molar-refractivity contribution is 6.32. The van der Waals surface area contributed by atoms with Gasteiger partial charge < -0.3 is 10.5 Å². The summed E-state index contributed by atoms with van der Waals surface area (Å²) in [6, 6.07) is 0.707. The lowest BCUT2D eigenvalue weighted by molar-refractivity contribution is -0.139. The van der Waals surface area contributed by atoms with E-state index in [1.54, 1.807) is 6.92 Å². The van der Waals surface area contributed by atoms with Gasteiger partial charge in [0.05, 0.1) is 22.9 Å². The maximum atomic E-state index is 12.4. The molecule has 1 aromatic rings. The second kappa shape index (κ2) is 5.92. The van der Waals surface area contributed by atoms with Crippen LogP contribution in [0.4, 0.5) is 13.2 Å². The van der Waals surface area contributed by atoms with Gasteiger partial charge in [-0.1, -0.05) is 11.6 Å². The third-order valence-corrected chi connectivity index (χ3v) is 2.30. The second-order valence-electron chi connectivity index (χ2n) is 3.41. The summed E-state index contributed by atoms with van der Waals surface area (Å²) in [6.45, 7) is 1.72. The van der Waals surface area contributed by atoms with Crippen LogP contribution >= 0.6 is 11.6 Å². The van der Waals surface area contributed by atoms with Crippen molar-refractivity contribution >= 4 is 23.6 Å². The first kappa shape index (κ1) is 15.3. The largest absolute Gasteiger partial charge is 0.461 e. The predicted molar refractivity (Wildman–Crippen MR) is 63.0 cm³/mol. The molecule has 0 saturated heterocycles. The van der Waals surface area contributed by atoms with Crippen molar-refractivity contribution in [3.63, 3.8) is 0 Å². The Morgan fingerprint density at radius 3 is 2.68 bits per heavy atom. The molecular formula is C11H10ClF3N2O2. The Hall–Kier alpha value is -1.76. The number of esters is 1. The van der Waals surface area contributed by atoms with Crippen LogP contribution in [0.1, 0.15) is 18.2 Å². The van der Waals surface area contributed by atoms with E-state index >= 15 is 0 Å². The molecule has 1 rings (SSSR count). The van der Waals surface area contributed by atoms with Gasteiger partial charge in [-0.05, 0) is 19.1 Å².